The molecule has 0 aliphatic carbocycles. The molecule has 2 N–H and O–H groups in total. The first-order valence-electron chi connectivity index (χ1n) is 7.03. The smallest absolute Gasteiger partial charge is 0.0946 e. The summed E-state index contributed by atoms with van der Waals surface area (Å²) in [6.07, 6.45) is 1.96. The Morgan fingerprint density at radius 2 is 2.11 bits per heavy atom. The van der Waals surface area contributed by atoms with Crippen molar-refractivity contribution in [3.8, 4) is 0 Å². The third-order valence-corrected chi connectivity index (χ3v) is 5.16. The maximum Gasteiger partial charge on any atom is 0.0946 e. The largest absolute Gasteiger partial charge is 0.327 e. The number of aryl methyl sites for hydroxylation is 2. The molecule has 108 valence electrons. The van der Waals surface area contributed by atoms with E-state index in [-0.39, 0.29) is 6.04 Å². The molecule has 1 aliphatic rings. The minimum absolute atomic E-state index is 0.212. The number of hydrogen-bond acceptors (Lipinski definition) is 5. The van der Waals surface area contributed by atoms with E-state index in [1.54, 1.807) is 11.3 Å². The minimum Gasteiger partial charge on any atom is -0.327 e. The Balaban J connectivity index is 1.88. The van der Waals surface area contributed by atoms with Crippen molar-refractivity contribution < 1.29 is 0 Å². The molecule has 0 spiro atoms. The number of thiazole rings is 1. The van der Waals surface area contributed by atoms with Crippen LogP contribution < -0.4 is 5.73 Å². The predicted octanol–water partition coefficient (Wildman–Crippen LogP) is 1.27. The van der Waals surface area contributed by atoms with Gasteiger partial charge in [-0.15, -0.1) is 11.3 Å². The Labute approximate surface area is 120 Å². The van der Waals surface area contributed by atoms with Crippen LogP contribution >= 0.6 is 11.3 Å². The van der Waals surface area contributed by atoms with Gasteiger partial charge in [0.15, 0.2) is 0 Å². The highest BCUT2D eigenvalue weighted by Gasteiger charge is 2.24. The van der Waals surface area contributed by atoms with Crippen LogP contribution in [0.4, 0.5) is 0 Å². The SMILES string of the molecule is Cc1nc(CC(N)CC2CN(C)CCN2C)sc1C. The number of piperazine rings is 1. The first kappa shape index (κ1) is 14.9. The quantitative estimate of drug-likeness (QED) is 0.903. The molecule has 0 aromatic carbocycles. The normalized spacial score (nSPS) is 23.7. The summed E-state index contributed by atoms with van der Waals surface area (Å²) in [5.41, 5.74) is 7.48. The van der Waals surface area contributed by atoms with Crippen molar-refractivity contribution in [3.05, 3.63) is 15.6 Å². The molecule has 1 aromatic rings. The molecule has 0 amide bonds. The summed E-state index contributed by atoms with van der Waals surface area (Å²) in [4.78, 5) is 10.7. The maximum absolute atomic E-state index is 6.33. The second-order valence-electron chi connectivity index (χ2n) is 5.85. The van der Waals surface area contributed by atoms with E-state index in [9.17, 15) is 0 Å². The Hall–Kier alpha value is -0.490. The van der Waals surface area contributed by atoms with Crippen molar-refractivity contribution in [1.82, 2.24) is 14.8 Å². The number of nitrogens with two attached hydrogens (primary N) is 1. The van der Waals surface area contributed by atoms with Gasteiger partial charge in [0, 0.05) is 43.0 Å². The summed E-state index contributed by atoms with van der Waals surface area (Å²) in [5, 5.41) is 1.19. The van der Waals surface area contributed by atoms with Crippen LogP contribution in [0.25, 0.3) is 0 Å². The van der Waals surface area contributed by atoms with E-state index in [0.29, 0.717) is 6.04 Å². The molecular formula is C14H26N4S. The first-order chi connectivity index (χ1) is 8.95. The fourth-order valence-electron chi connectivity index (χ4n) is 2.64. The fourth-order valence-corrected chi connectivity index (χ4v) is 3.67. The van der Waals surface area contributed by atoms with Gasteiger partial charge in [0.25, 0.3) is 0 Å². The molecule has 1 saturated heterocycles. The molecule has 19 heavy (non-hydrogen) atoms. The molecule has 0 saturated carbocycles. The van der Waals surface area contributed by atoms with Gasteiger partial charge < -0.3 is 15.5 Å². The lowest BCUT2D eigenvalue weighted by molar-refractivity contribution is 0.104. The Morgan fingerprint density at radius 1 is 1.37 bits per heavy atom. The van der Waals surface area contributed by atoms with Gasteiger partial charge in [0.05, 0.1) is 10.7 Å². The van der Waals surface area contributed by atoms with Crippen LogP contribution in [0.3, 0.4) is 0 Å². The van der Waals surface area contributed by atoms with E-state index in [4.69, 9.17) is 5.73 Å². The molecule has 2 rings (SSSR count). The average Bonchev–Trinajstić information content (AvgIpc) is 2.63. The molecular weight excluding hydrogens is 256 g/mol. The van der Waals surface area contributed by atoms with Gasteiger partial charge in [-0.05, 0) is 34.4 Å². The van der Waals surface area contributed by atoms with Gasteiger partial charge in [0.1, 0.15) is 0 Å². The van der Waals surface area contributed by atoms with Crippen LogP contribution in [0.2, 0.25) is 0 Å². The maximum atomic E-state index is 6.33. The second kappa shape index (κ2) is 6.31. The Kier molecular flexibility index (Phi) is 4.95. The van der Waals surface area contributed by atoms with E-state index in [0.717, 1.165) is 38.2 Å². The molecule has 1 fully saturated rings. The van der Waals surface area contributed by atoms with Gasteiger partial charge in [-0.3, -0.25) is 0 Å². The zero-order valence-electron chi connectivity index (χ0n) is 12.5. The van der Waals surface area contributed by atoms with Crippen LogP contribution in [-0.4, -0.2) is 60.6 Å². The number of aromatic nitrogens is 1. The molecule has 2 heterocycles. The average molecular weight is 282 g/mol. The summed E-state index contributed by atoms with van der Waals surface area (Å²) in [6.45, 7) is 7.63. The molecule has 5 heteroatoms. The molecule has 0 radical (unpaired) electrons. The van der Waals surface area contributed by atoms with Gasteiger partial charge in [-0.1, -0.05) is 0 Å². The zero-order chi connectivity index (χ0) is 14.0. The molecule has 2 atom stereocenters. The van der Waals surface area contributed by atoms with Crippen LogP contribution in [0.15, 0.2) is 0 Å². The zero-order valence-corrected chi connectivity index (χ0v) is 13.3. The summed E-state index contributed by atoms with van der Waals surface area (Å²) >= 11 is 1.79. The highest BCUT2D eigenvalue weighted by molar-refractivity contribution is 7.11. The highest BCUT2D eigenvalue weighted by Crippen LogP contribution is 2.19. The Morgan fingerprint density at radius 3 is 2.74 bits per heavy atom. The number of hydrogen-bond donors (Lipinski definition) is 1. The van der Waals surface area contributed by atoms with Gasteiger partial charge in [-0.2, -0.15) is 0 Å². The molecule has 0 bridgehead atoms. The topological polar surface area (TPSA) is 45.4 Å². The Bertz CT molecular complexity index is 398. The van der Waals surface area contributed by atoms with Crippen molar-refractivity contribution in [1.29, 1.82) is 0 Å². The lowest BCUT2D eigenvalue weighted by Gasteiger charge is -2.38. The number of nitrogens with zero attached hydrogens (tertiary/aromatic N) is 3. The van der Waals surface area contributed by atoms with Gasteiger partial charge in [0.2, 0.25) is 0 Å². The lowest BCUT2D eigenvalue weighted by Crippen LogP contribution is -2.51. The van der Waals surface area contributed by atoms with Crippen LogP contribution in [0, 0.1) is 13.8 Å². The molecule has 1 aromatic heterocycles. The van der Waals surface area contributed by atoms with E-state index in [1.807, 2.05) is 0 Å². The minimum atomic E-state index is 0.212. The third kappa shape index (κ3) is 3.99. The molecule has 1 aliphatic heterocycles. The second-order valence-corrected chi connectivity index (χ2v) is 7.13. The van der Waals surface area contributed by atoms with E-state index >= 15 is 0 Å². The molecule has 4 nitrogen and oxygen atoms in total. The van der Waals surface area contributed by atoms with E-state index in [2.05, 4.69) is 42.7 Å². The van der Waals surface area contributed by atoms with Crippen molar-refractivity contribution in [2.24, 2.45) is 5.73 Å². The van der Waals surface area contributed by atoms with E-state index < -0.39 is 0 Å². The van der Waals surface area contributed by atoms with Crippen molar-refractivity contribution in [2.45, 2.75) is 38.8 Å². The summed E-state index contributed by atoms with van der Waals surface area (Å²) in [6, 6.07) is 0.791. The third-order valence-electron chi connectivity index (χ3n) is 4.06. The summed E-state index contributed by atoms with van der Waals surface area (Å²) < 4.78 is 0. The fraction of sp³-hybridized carbons (Fsp3) is 0.786. The standard InChI is InChI=1S/C14H26N4S/c1-10-11(2)19-14(16-10)8-12(15)7-13-9-17(3)5-6-18(13)4/h12-13H,5-9,15H2,1-4H3. The number of likely N-dealkylation sites (N-methyl/N-ethyl adjacent to an activating group) is 2. The number of rotatable bonds is 4. The van der Waals surface area contributed by atoms with Crippen LogP contribution in [0.5, 0.6) is 0 Å². The van der Waals surface area contributed by atoms with Crippen LogP contribution in [-0.2, 0) is 6.42 Å². The predicted molar refractivity (Wildman–Crippen MR) is 81.8 cm³/mol. The van der Waals surface area contributed by atoms with Crippen LogP contribution in [0.1, 0.15) is 22.0 Å². The lowest BCUT2D eigenvalue weighted by atomic mass is 10.0. The van der Waals surface area contributed by atoms with Crippen molar-refractivity contribution in [3.63, 3.8) is 0 Å². The van der Waals surface area contributed by atoms with Crippen molar-refractivity contribution >= 4 is 11.3 Å². The molecule has 2 unspecified atom stereocenters. The van der Waals surface area contributed by atoms with Gasteiger partial charge in [-0.25, -0.2) is 4.98 Å². The van der Waals surface area contributed by atoms with Crippen molar-refractivity contribution in [2.75, 3.05) is 33.7 Å². The monoisotopic (exact) mass is 282 g/mol. The van der Waals surface area contributed by atoms with E-state index in [1.165, 1.54) is 9.88 Å². The summed E-state index contributed by atoms with van der Waals surface area (Å²) in [5.74, 6) is 0. The summed E-state index contributed by atoms with van der Waals surface area (Å²) in [7, 11) is 4.40. The first-order valence-corrected chi connectivity index (χ1v) is 7.84. The van der Waals surface area contributed by atoms with Gasteiger partial charge >= 0.3 is 0 Å². The highest BCUT2D eigenvalue weighted by atomic mass is 32.1.